The number of hydrogen-bond acceptors (Lipinski definition) is 5. The third-order valence-electron chi connectivity index (χ3n) is 3.72. The van der Waals surface area contributed by atoms with E-state index >= 15 is 0 Å². The minimum atomic E-state index is -4.02. The van der Waals surface area contributed by atoms with Gasteiger partial charge in [0.2, 0.25) is 0 Å². The van der Waals surface area contributed by atoms with Crippen LogP contribution in [0.4, 0.5) is 20.3 Å². The van der Waals surface area contributed by atoms with Gasteiger partial charge < -0.3 is 5.32 Å². The van der Waals surface area contributed by atoms with Gasteiger partial charge in [-0.25, -0.2) is 22.2 Å². The number of benzene rings is 1. The highest BCUT2D eigenvalue weighted by atomic mass is 32.2. The summed E-state index contributed by atoms with van der Waals surface area (Å²) in [5, 5.41) is 3.06. The molecule has 0 bridgehead atoms. The Bertz CT molecular complexity index is 1040. The second kappa shape index (κ2) is 7.67. The van der Waals surface area contributed by atoms with E-state index in [2.05, 4.69) is 20.0 Å². The molecule has 27 heavy (non-hydrogen) atoms. The SMILES string of the molecule is Cc1cccnc1CNc1ccc(S(=O)(=O)Nc2cc(F)cc(F)c2)cn1. The van der Waals surface area contributed by atoms with Gasteiger partial charge in [0.25, 0.3) is 10.0 Å². The molecular formula is C18H16F2N4O2S. The van der Waals surface area contributed by atoms with Crippen molar-refractivity contribution in [3.8, 4) is 0 Å². The molecule has 6 nitrogen and oxygen atoms in total. The van der Waals surface area contributed by atoms with E-state index < -0.39 is 21.7 Å². The lowest BCUT2D eigenvalue weighted by Gasteiger charge is -2.10. The Kier molecular flexibility index (Phi) is 5.31. The maximum atomic E-state index is 13.2. The molecule has 0 aliphatic rings. The van der Waals surface area contributed by atoms with Crippen molar-refractivity contribution in [2.75, 3.05) is 10.0 Å². The summed E-state index contributed by atoms with van der Waals surface area (Å²) in [4.78, 5) is 8.18. The molecule has 0 unspecified atom stereocenters. The van der Waals surface area contributed by atoms with Crippen molar-refractivity contribution in [3.63, 3.8) is 0 Å². The van der Waals surface area contributed by atoms with Crippen LogP contribution in [-0.2, 0) is 16.6 Å². The van der Waals surface area contributed by atoms with Crippen LogP contribution in [0.5, 0.6) is 0 Å². The lowest BCUT2D eigenvalue weighted by atomic mass is 10.2. The highest BCUT2D eigenvalue weighted by molar-refractivity contribution is 7.92. The molecule has 1 aromatic carbocycles. The molecule has 9 heteroatoms. The van der Waals surface area contributed by atoms with E-state index in [9.17, 15) is 17.2 Å². The van der Waals surface area contributed by atoms with Crippen molar-refractivity contribution in [3.05, 3.63) is 77.8 Å². The van der Waals surface area contributed by atoms with Gasteiger partial charge in [0, 0.05) is 18.5 Å². The first-order chi connectivity index (χ1) is 12.8. The Morgan fingerprint density at radius 1 is 1.04 bits per heavy atom. The van der Waals surface area contributed by atoms with Gasteiger partial charge >= 0.3 is 0 Å². The summed E-state index contributed by atoms with van der Waals surface area (Å²) in [6.45, 7) is 2.38. The monoisotopic (exact) mass is 390 g/mol. The zero-order valence-electron chi connectivity index (χ0n) is 14.3. The smallest absolute Gasteiger partial charge is 0.263 e. The van der Waals surface area contributed by atoms with Gasteiger partial charge in [-0.2, -0.15) is 0 Å². The van der Waals surface area contributed by atoms with Crippen molar-refractivity contribution in [2.24, 2.45) is 0 Å². The summed E-state index contributed by atoms with van der Waals surface area (Å²) in [5.74, 6) is -1.29. The number of sulfonamides is 1. The van der Waals surface area contributed by atoms with Gasteiger partial charge in [-0.3, -0.25) is 9.71 Å². The minimum absolute atomic E-state index is 0.133. The van der Waals surface area contributed by atoms with Crippen LogP contribution < -0.4 is 10.0 Å². The van der Waals surface area contributed by atoms with E-state index in [1.165, 1.54) is 12.1 Å². The molecule has 0 radical (unpaired) electrons. The standard InChI is InChI=1S/C18H16F2N4O2S/c1-12-3-2-6-21-17(12)11-23-18-5-4-16(10-22-18)27(25,26)24-15-8-13(19)7-14(20)9-15/h2-10,24H,11H2,1H3,(H,22,23). The van der Waals surface area contributed by atoms with E-state index in [4.69, 9.17) is 0 Å². The molecule has 0 aliphatic carbocycles. The maximum Gasteiger partial charge on any atom is 0.263 e. The molecule has 0 spiro atoms. The molecule has 0 amide bonds. The Labute approximate surface area is 155 Å². The number of anilines is 2. The molecule has 0 aliphatic heterocycles. The van der Waals surface area contributed by atoms with Crippen molar-refractivity contribution < 1.29 is 17.2 Å². The van der Waals surface area contributed by atoms with Crippen molar-refractivity contribution in [2.45, 2.75) is 18.4 Å². The van der Waals surface area contributed by atoms with E-state index in [0.29, 0.717) is 18.4 Å². The first kappa shape index (κ1) is 18.7. The van der Waals surface area contributed by atoms with Crippen LogP contribution in [-0.4, -0.2) is 18.4 Å². The summed E-state index contributed by atoms with van der Waals surface area (Å²) in [7, 11) is -4.02. The van der Waals surface area contributed by atoms with Gasteiger partial charge in [-0.15, -0.1) is 0 Å². The van der Waals surface area contributed by atoms with Crippen LogP contribution in [0.15, 0.2) is 59.8 Å². The Morgan fingerprint density at radius 2 is 1.78 bits per heavy atom. The number of aromatic nitrogens is 2. The Hall–Kier alpha value is -3.07. The van der Waals surface area contributed by atoms with Gasteiger partial charge in [0.15, 0.2) is 0 Å². The molecule has 2 N–H and O–H groups in total. The van der Waals surface area contributed by atoms with Crippen LogP contribution in [0.2, 0.25) is 0 Å². The number of aryl methyl sites for hydroxylation is 1. The number of pyridine rings is 2. The number of nitrogens with one attached hydrogen (secondary N) is 2. The predicted molar refractivity (Wildman–Crippen MR) is 97.7 cm³/mol. The maximum absolute atomic E-state index is 13.2. The molecule has 2 aromatic heterocycles. The van der Waals surface area contributed by atoms with Crippen molar-refractivity contribution in [1.82, 2.24) is 9.97 Å². The first-order valence-corrected chi connectivity index (χ1v) is 9.41. The van der Waals surface area contributed by atoms with E-state index in [0.717, 1.165) is 29.6 Å². The fourth-order valence-electron chi connectivity index (χ4n) is 2.35. The van der Waals surface area contributed by atoms with E-state index in [-0.39, 0.29) is 10.6 Å². The van der Waals surface area contributed by atoms with Gasteiger partial charge in [-0.05, 0) is 42.8 Å². The third-order valence-corrected chi connectivity index (χ3v) is 5.08. The van der Waals surface area contributed by atoms with Crippen molar-refractivity contribution >= 4 is 21.5 Å². The van der Waals surface area contributed by atoms with E-state index in [1.807, 2.05) is 19.1 Å². The molecule has 0 saturated heterocycles. The average molecular weight is 390 g/mol. The van der Waals surface area contributed by atoms with Crippen LogP contribution >= 0.6 is 0 Å². The van der Waals surface area contributed by atoms with Crippen LogP contribution in [0.1, 0.15) is 11.3 Å². The van der Waals surface area contributed by atoms with Crippen LogP contribution in [0.3, 0.4) is 0 Å². The lowest BCUT2D eigenvalue weighted by molar-refractivity contribution is 0.584. The highest BCUT2D eigenvalue weighted by Gasteiger charge is 2.16. The fraction of sp³-hybridized carbons (Fsp3) is 0.111. The molecule has 0 saturated carbocycles. The molecule has 140 valence electrons. The summed E-state index contributed by atoms with van der Waals surface area (Å²) >= 11 is 0. The summed E-state index contributed by atoms with van der Waals surface area (Å²) in [6.07, 6.45) is 2.85. The third kappa shape index (κ3) is 4.76. The molecule has 0 atom stereocenters. The molecule has 2 heterocycles. The van der Waals surface area contributed by atoms with Crippen molar-refractivity contribution in [1.29, 1.82) is 0 Å². The molecule has 0 fully saturated rings. The van der Waals surface area contributed by atoms with Gasteiger partial charge in [0.05, 0.1) is 17.9 Å². The lowest BCUT2D eigenvalue weighted by Crippen LogP contribution is -2.14. The zero-order chi connectivity index (χ0) is 19.4. The van der Waals surface area contributed by atoms with E-state index in [1.54, 1.807) is 6.20 Å². The second-order valence-corrected chi connectivity index (χ2v) is 7.45. The quantitative estimate of drug-likeness (QED) is 0.673. The molecular weight excluding hydrogens is 374 g/mol. The first-order valence-electron chi connectivity index (χ1n) is 7.93. The zero-order valence-corrected chi connectivity index (χ0v) is 15.1. The Balaban J connectivity index is 1.71. The van der Waals surface area contributed by atoms with Crippen LogP contribution in [0.25, 0.3) is 0 Å². The second-order valence-electron chi connectivity index (χ2n) is 5.76. The molecule has 3 rings (SSSR count). The Morgan fingerprint density at radius 3 is 2.41 bits per heavy atom. The number of halogens is 2. The molecule has 3 aromatic rings. The highest BCUT2D eigenvalue weighted by Crippen LogP contribution is 2.19. The summed E-state index contributed by atoms with van der Waals surface area (Å²) in [5.41, 5.74) is 1.67. The fourth-order valence-corrected chi connectivity index (χ4v) is 3.33. The van der Waals surface area contributed by atoms with Gasteiger partial charge in [0.1, 0.15) is 22.3 Å². The number of rotatable bonds is 6. The van der Waals surface area contributed by atoms with Crippen LogP contribution in [0, 0.1) is 18.6 Å². The normalized spacial score (nSPS) is 11.2. The average Bonchev–Trinajstić information content (AvgIpc) is 2.60. The predicted octanol–water partition coefficient (Wildman–Crippen LogP) is 3.48. The summed E-state index contributed by atoms with van der Waals surface area (Å²) in [6, 6.07) is 9.06. The topological polar surface area (TPSA) is 84.0 Å². The summed E-state index contributed by atoms with van der Waals surface area (Å²) < 4.78 is 53.2. The largest absolute Gasteiger partial charge is 0.364 e. The van der Waals surface area contributed by atoms with Gasteiger partial charge in [-0.1, -0.05) is 6.07 Å². The minimum Gasteiger partial charge on any atom is -0.364 e. The number of hydrogen-bond donors (Lipinski definition) is 2. The number of nitrogens with zero attached hydrogens (tertiary/aromatic N) is 2.